The fourth-order valence-electron chi connectivity index (χ4n) is 4.33. The topological polar surface area (TPSA) is 96.2 Å². The van der Waals surface area contributed by atoms with Gasteiger partial charge in [-0.25, -0.2) is 4.98 Å². The number of likely N-dealkylation sites (tertiary alicyclic amines) is 1. The summed E-state index contributed by atoms with van der Waals surface area (Å²) in [7, 11) is 1.79. The van der Waals surface area contributed by atoms with Crippen LogP contribution in [0.2, 0.25) is 0 Å². The molecule has 0 spiro atoms. The van der Waals surface area contributed by atoms with E-state index >= 15 is 0 Å². The van der Waals surface area contributed by atoms with Gasteiger partial charge in [0.1, 0.15) is 5.82 Å². The summed E-state index contributed by atoms with van der Waals surface area (Å²) in [5, 5.41) is 7.03. The zero-order valence-electron chi connectivity index (χ0n) is 17.4. The fourth-order valence-corrected chi connectivity index (χ4v) is 4.33. The van der Waals surface area contributed by atoms with Crippen LogP contribution in [-0.2, 0) is 11.8 Å². The Labute approximate surface area is 176 Å². The van der Waals surface area contributed by atoms with E-state index in [-0.39, 0.29) is 17.7 Å². The Balaban J connectivity index is 1.23. The molecular formula is C21H29N7O2. The lowest BCUT2D eigenvalue weighted by molar-refractivity contribution is -0.137. The Morgan fingerprint density at radius 3 is 2.67 bits per heavy atom. The fraction of sp³-hybridized carbons (Fsp3) is 0.571. The molecule has 0 bridgehead atoms. The van der Waals surface area contributed by atoms with Gasteiger partial charge >= 0.3 is 0 Å². The molecule has 2 fully saturated rings. The lowest BCUT2D eigenvalue weighted by atomic mass is 9.92. The number of hydrogen-bond acceptors (Lipinski definition) is 6. The summed E-state index contributed by atoms with van der Waals surface area (Å²) in [6.07, 6.45) is 12.2. The third-order valence-corrected chi connectivity index (χ3v) is 6.09. The predicted molar refractivity (Wildman–Crippen MR) is 112 cm³/mol. The molecule has 1 atom stereocenters. The van der Waals surface area contributed by atoms with Gasteiger partial charge in [0, 0.05) is 58.4 Å². The van der Waals surface area contributed by atoms with Crippen molar-refractivity contribution in [2.24, 2.45) is 18.9 Å². The summed E-state index contributed by atoms with van der Waals surface area (Å²) in [6.45, 7) is 3.78. The van der Waals surface area contributed by atoms with Crippen molar-refractivity contribution in [3.8, 4) is 0 Å². The summed E-state index contributed by atoms with van der Waals surface area (Å²) < 4.78 is 1.62. The van der Waals surface area contributed by atoms with Crippen LogP contribution in [0, 0.1) is 11.8 Å². The molecule has 0 aliphatic carbocycles. The molecule has 2 aliphatic rings. The molecule has 2 aromatic heterocycles. The van der Waals surface area contributed by atoms with Crippen LogP contribution in [-0.4, -0.2) is 69.2 Å². The van der Waals surface area contributed by atoms with E-state index in [4.69, 9.17) is 0 Å². The molecule has 2 saturated heterocycles. The number of carbonyl (C=O) groups is 2. The minimum atomic E-state index is -0.0899. The second-order valence-corrected chi connectivity index (χ2v) is 8.23. The third-order valence-electron chi connectivity index (χ3n) is 6.09. The quantitative estimate of drug-likeness (QED) is 0.791. The van der Waals surface area contributed by atoms with E-state index in [1.165, 1.54) is 0 Å². The van der Waals surface area contributed by atoms with Crippen LogP contribution in [0.25, 0.3) is 0 Å². The van der Waals surface area contributed by atoms with Gasteiger partial charge in [0.15, 0.2) is 0 Å². The van der Waals surface area contributed by atoms with Crippen molar-refractivity contribution in [1.29, 1.82) is 0 Å². The van der Waals surface area contributed by atoms with Crippen LogP contribution in [0.15, 0.2) is 31.0 Å². The van der Waals surface area contributed by atoms with Crippen LogP contribution < -0.4 is 10.2 Å². The van der Waals surface area contributed by atoms with Crippen molar-refractivity contribution >= 4 is 17.6 Å². The van der Waals surface area contributed by atoms with E-state index in [1.807, 2.05) is 4.90 Å². The van der Waals surface area contributed by atoms with Crippen LogP contribution in [0.4, 0.5) is 5.82 Å². The molecule has 9 nitrogen and oxygen atoms in total. The van der Waals surface area contributed by atoms with Gasteiger partial charge in [-0.05, 0) is 31.6 Å². The minimum absolute atomic E-state index is 0.0163. The number of anilines is 1. The van der Waals surface area contributed by atoms with Gasteiger partial charge in [0.2, 0.25) is 5.91 Å². The number of aryl methyl sites for hydroxylation is 1. The molecule has 2 aliphatic heterocycles. The molecule has 0 aromatic carbocycles. The Morgan fingerprint density at radius 2 is 1.97 bits per heavy atom. The molecule has 4 rings (SSSR count). The van der Waals surface area contributed by atoms with Gasteiger partial charge in [-0.2, -0.15) is 5.10 Å². The van der Waals surface area contributed by atoms with E-state index < -0.39 is 0 Å². The largest absolute Gasteiger partial charge is 0.355 e. The van der Waals surface area contributed by atoms with E-state index in [1.54, 1.807) is 42.7 Å². The van der Waals surface area contributed by atoms with E-state index in [0.717, 1.165) is 51.1 Å². The van der Waals surface area contributed by atoms with Crippen molar-refractivity contribution in [3.05, 3.63) is 36.5 Å². The molecule has 2 aromatic rings. The zero-order valence-corrected chi connectivity index (χ0v) is 17.4. The normalized spacial score (nSPS) is 20.2. The van der Waals surface area contributed by atoms with Crippen molar-refractivity contribution in [2.75, 3.05) is 37.6 Å². The summed E-state index contributed by atoms with van der Waals surface area (Å²) in [5.41, 5.74) is 0.579. The molecular weight excluding hydrogens is 382 g/mol. The van der Waals surface area contributed by atoms with Crippen LogP contribution >= 0.6 is 0 Å². The van der Waals surface area contributed by atoms with Gasteiger partial charge in [-0.1, -0.05) is 0 Å². The van der Waals surface area contributed by atoms with Crippen molar-refractivity contribution in [1.82, 2.24) is 30.0 Å². The molecule has 4 heterocycles. The smallest absolute Gasteiger partial charge is 0.254 e. The Hall–Kier alpha value is -2.97. The monoisotopic (exact) mass is 411 g/mol. The summed E-state index contributed by atoms with van der Waals surface area (Å²) in [6, 6.07) is 0. The lowest BCUT2D eigenvalue weighted by Crippen LogP contribution is -2.48. The highest BCUT2D eigenvalue weighted by atomic mass is 16.2. The second-order valence-electron chi connectivity index (χ2n) is 8.23. The number of hydrogen-bond donors (Lipinski definition) is 1. The molecule has 1 N–H and O–H groups in total. The summed E-state index contributed by atoms with van der Waals surface area (Å²) >= 11 is 0. The van der Waals surface area contributed by atoms with Crippen molar-refractivity contribution in [2.45, 2.75) is 25.7 Å². The van der Waals surface area contributed by atoms with Gasteiger partial charge in [-0.15, -0.1) is 0 Å². The maximum absolute atomic E-state index is 13.1. The molecule has 2 amide bonds. The molecule has 1 unspecified atom stereocenters. The lowest BCUT2D eigenvalue weighted by Gasteiger charge is -2.38. The standard InChI is InChI=1S/C21H29N7O2/c1-26-14-18(12-25-26)20(29)24-11-16-4-9-27(10-5-16)21(30)17-3-2-8-28(15-17)19-13-22-6-7-23-19/h6-7,12-14,16-17H,2-5,8-11,15H2,1H3,(H,24,29). The van der Waals surface area contributed by atoms with Gasteiger partial charge in [0.25, 0.3) is 5.91 Å². The van der Waals surface area contributed by atoms with E-state index in [0.29, 0.717) is 24.6 Å². The zero-order chi connectivity index (χ0) is 20.9. The first-order valence-electron chi connectivity index (χ1n) is 10.7. The number of nitrogens with one attached hydrogen (secondary N) is 1. The highest BCUT2D eigenvalue weighted by Crippen LogP contribution is 2.25. The third kappa shape index (κ3) is 4.77. The average Bonchev–Trinajstić information content (AvgIpc) is 3.24. The van der Waals surface area contributed by atoms with Gasteiger partial charge in [0.05, 0.1) is 23.9 Å². The Morgan fingerprint density at radius 1 is 1.13 bits per heavy atom. The highest BCUT2D eigenvalue weighted by Gasteiger charge is 2.32. The molecule has 0 saturated carbocycles. The number of rotatable bonds is 5. The van der Waals surface area contributed by atoms with Gasteiger partial charge < -0.3 is 15.1 Å². The van der Waals surface area contributed by atoms with Gasteiger partial charge in [-0.3, -0.25) is 19.3 Å². The van der Waals surface area contributed by atoms with E-state index in [2.05, 4.69) is 25.3 Å². The molecule has 160 valence electrons. The first kappa shape index (κ1) is 20.3. The number of amides is 2. The van der Waals surface area contributed by atoms with Crippen molar-refractivity contribution < 1.29 is 9.59 Å². The number of piperidine rings is 2. The molecule has 30 heavy (non-hydrogen) atoms. The first-order valence-corrected chi connectivity index (χ1v) is 10.7. The maximum Gasteiger partial charge on any atom is 0.254 e. The van der Waals surface area contributed by atoms with Crippen LogP contribution in [0.3, 0.4) is 0 Å². The summed E-state index contributed by atoms with van der Waals surface area (Å²) in [5.74, 6) is 1.42. The number of aromatic nitrogens is 4. The average molecular weight is 412 g/mol. The van der Waals surface area contributed by atoms with E-state index in [9.17, 15) is 9.59 Å². The predicted octanol–water partition coefficient (Wildman–Crippen LogP) is 1.10. The number of nitrogens with zero attached hydrogens (tertiary/aromatic N) is 6. The van der Waals surface area contributed by atoms with Crippen molar-refractivity contribution in [3.63, 3.8) is 0 Å². The molecule has 9 heteroatoms. The molecule has 0 radical (unpaired) electrons. The highest BCUT2D eigenvalue weighted by molar-refractivity contribution is 5.93. The van der Waals surface area contributed by atoms with Crippen LogP contribution in [0.5, 0.6) is 0 Å². The Kier molecular flexibility index (Phi) is 6.25. The number of carbonyl (C=O) groups excluding carboxylic acids is 2. The summed E-state index contributed by atoms with van der Waals surface area (Å²) in [4.78, 5) is 37.9. The minimum Gasteiger partial charge on any atom is -0.355 e. The second kappa shape index (κ2) is 9.23. The SMILES string of the molecule is Cn1cc(C(=O)NCC2CCN(C(=O)C3CCCN(c4cnccn4)C3)CC2)cn1. The maximum atomic E-state index is 13.1. The Bertz CT molecular complexity index is 861. The first-order chi connectivity index (χ1) is 14.6. The van der Waals surface area contributed by atoms with Crippen LogP contribution in [0.1, 0.15) is 36.0 Å².